The van der Waals surface area contributed by atoms with Crippen LogP contribution in [0.2, 0.25) is 0 Å². The summed E-state index contributed by atoms with van der Waals surface area (Å²) in [5.74, 6) is 0.769. The number of thiazole rings is 1. The number of benzene rings is 1. The highest BCUT2D eigenvalue weighted by atomic mass is 32.2. The molecule has 0 bridgehead atoms. The van der Waals surface area contributed by atoms with E-state index in [2.05, 4.69) is 25.3 Å². The minimum Gasteiger partial charge on any atom is -0.481 e. The number of aromatic nitrogens is 2. The summed E-state index contributed by atoms with van der Waals surface area (Å²) in [5.41, 5.74) is 1.51. The Hall–Kier alpha value is -2.60. The number of sulfonamides is 1. The van der Waals surface area contributed by atoms with Gasteiger partial charge in [-0.1, -0.05) is 49.2 Å². The zero-order valence-corrected chi connectivity index (χ0v) is 21.8. The van der Waals surface area contributed by atoms with Crippen molar-refractivity contribution in [1.82, 2.24) is 20.0 Å². The first-order valence-corrected chi connectivity index (χ1v) is 14.6. The Bertz CT molecular complexity index is 1320. The number of nitrogens with one attached hydrogen (secondary N) is 3. The second-order valence-electron chi connectivity index (χ2n) is 9.57. The zero-order chi connectivity index (χ0) is 25.1. The largest absolute Gasteiger partial charge is 0.481 e. The van der Waals surface area contributed by atoms with E-state index in [1.165, 1.54) is 24.2 Å². The molecule has 1 aliphatic carbocycles. The number of pyridine rings is 1. The first-order valence-electron chi connectivity index (χ1n) is 12.3. The molecule has 1 saturated carbocycles. The van der Waals surface area contributed by atoms with Gasteiger partial charge in [-0.15, -0.1) is 0 Å². The summed E-state index contributed by atoms with van der Waals surface area (Å²) < 4.78 is 33.3. The van der Waals surface area contributed by atoms with Crippen molar-refractivity contribution in [1.29, 1.82) is 0 Å². The maximum Gasteiger partial charge on any atom is 0.240 e. The van der Waals surface area contributed by atoms with Gasteiger partial charge in [0.2, 0.25) is 21.8 Å². The highest BCUT2D eigenvalue weighted by Crippen LogP contribution is 2.36. The van der Waals surface area contributed by atoms with Crippen molar-refractivity contribution in [3.63, 3.8) is 0 Å². The second kappa shape index (κ2) is 10.8. The summed E-state index contributed by atoms with van der Waals surface area (Å²) in [7, 11) is -2.03. The van der Waals surface area contributed by atoms with Crippen LogP contribution in [0.4, 0.5) is 5.13 Å². The molecule has 1 aromatic carbocycles. The number of rotatable bonds is 10. The minimum absolute atomic E-state index is 0.140. The van der Waals surface area contributed by atoms with Crippen LogP contribution in [-0.2, 0) is 14.8 Å². The summed E-state index contributed by atoms with van der Waals surface area (Å²) in [4.78, 5) is 23.3. The fraction of sp³-hybridized carbons (Fsp3) is 0.480. The maximum atomic E-state index is 13.5. The molecule has 1 unspecified atom stereocenters. The molecule has 1 amide bonds. The van der Waals surface area contributed by atoms with Crippen molar-refractivity contribution < 1.29 is 17.9 Å². The molecule has 1 aliphatic heterocycles. The van der Waals surface area contributed by atoms with Crippen LogP contribution >= 0.6 is 11.3 Å². The molecule has 0 radical (unpaired) electrons. The molecular formula is C25H31N5O4S2. The lowest BCUT2D eigenvalue weighted by atomic mass is 9.87. The van der Waals surface area contributed by atoms with Crippen LogP contribution in [0.15, 0.2) is 41.3 Å². The Morgan fingerprint density at radius 2 is 1.86 bits per heavy atom. The fourth-order valence-corrected chi connectivity index (χ4v) is 6.77. The third kappa shape index (κ3) is 5.69. The molecule has 11 heteroatoms. The number of fused-ring (bicyclic) bond motifs is 1. The lowest BCUT2D eigenvalue weighted by molar-refractivity contribution is -0.118. The highest BCUT2D eigenvalue weighted by Gasteiger charge is 2.28. The predicted molar refractivity (Wildman–Crippen MR) is 140 cm³/mol. The Kier molecular flexibility index (Phi) is 7.52. The topological polar surface area (TPSA) is 122 Å². The van der Waals surface area contributed by atoms with Gasteiger partial charge in [0.15, 0.2) is 5.13 Å². The standard InChI is InChI=1S/C25H31N5O4S2/c1-34-22-11-10-21-24(29-22)35-25(28-21)30-23(31)20(12-16-4-2-3-5-16)18-6-8-19(9-7-18)36(32,33)27-15-17-13-26-14-17/h6-11,16-17,20,26-27H,2-5,12-15H2,1H3,(H,28,30,31). The lowest BCUT2D eigenvalue weighted by Gasteiger charge is -2.27. The van der Waals surface area contributed by atoms with Gasteiger partial charge in [-0.05, 0) is 42.0 Å². The number of methoxy groups -OCH3 is 1. The van der Waals surface area contributed by atoms with Crippen LogP contribution in [0.5, 0.6) is 5.88 Å². The normalized spacial score (nSPS) is 17.7. The third-order valence-corrected chi connectivity index (χ3v) is 9.37. The number of nitrogens with zero attached hydrogens (tertiary/aromatic N) is 2. The van der Waals surface area contributed by atoms with Crippen LogP contribution in [0.25, 0.3) is 10.3 Å². The Balaban J connectivity index is 1.33. The van der Waals surface area contributed by atoms with Crippen molar-refractivity contribution in [2.24, 2.45) is 11.8 Å². The van der Waals surface area contributed by atoms with Crippen LogP contribution in [0.1, 0.15) is 43.6 Å². The summed E-state index contributed by atoms with van der Waals surface area (Å²) in [6, 6.07) is 10.3. The van der Waals surface area contributed by atoms with Gasteiger partial charge >= 0.3 is 0 Å². The molecule has 3 heterocycles. The van der Waals surface area contributed by atoms with E-state index in [0.29, 0.717) is 39.7 Å². The number of carbonyl (C=O) groups excluding carboxylic acids is 1. The Morgan fingerprint density at radius 3 is 2.53 bits per heavy atom. The van der Waals surface area contributed by atoms with E-state index in [0.717, 1.165) is 37.9 Å². The molecule has 5 rings (SSSR count). The first-order chi connectivity index (χ1) is 17.4. The van der Waals surface area contributed by atoms with E-state index >= 15 is 0 Å². The van der Waals surface area contributed by atoms with E-state index in [1.54, 1.807) is 37.4 Å². The van der Waals surface area contributed by atoms with Gasteiger partial charge < -0.3 is 15.4 Å². The highest BCUT2D eigenvalue weighted by molar-refractivity contribution is 7.89. The predicted octanol–water partition coefficient (Wildman–Crippen LogP) is 3.50. The quantitative estimate of drug-likeness (QED) is 0.367. The summed E-state index contributed by atoms with van der Waals surface area (Å²) in [6.45, 7) is 2.09. The molecule has 2 aromatic heterocycles. The first kappa shape index (κ1) is 25.1. The number of amides is 1. The van der Waals surface area contributed by atoms with Crippen molar-refractivity contribution >= 4 is 42.7 Å². The van der Waals surface area contributed by atoms with Gasteiger partial charge in [0, 0.05) is 25.7 Å². The van der Waals surface area contributed by atoms with Gasteiger partial charge in [-0.2, -0.15) is 0 Å². The Labute approximate surface area is 215 Å². The molecule has 3 aromatic rings. The number of hydrogen-bond acceptors (Lipinski definition) is 8. The summed E-state index contributed by atoms with van der Waals surface area (Å²) in [5, 5.41) is 6.61. The zero-order valence-electron chi connectivity index (χ0n) is 20.2. The number of ether oxygens (including phenoxy) is 1. The SMILES string of the molecule is COc1ccc2nc(NC(=O)C(CC3CCCC3)c3ccc(S(=O)(=O)NCC4CNC4)cc3)sc2n1. The van der Waals surface area contributed by atoms with Crippen LogP contribution in [0, 0.1) is 11.8 Å². The average molecular weight is 530 g/mol. The van der Waals surface area contributed by atoms with Crippen molar-refractivity contribution in [3.8, 4) is 5.88 Å². The maximum absolute atomic E-state index is 13.5. The van der Waals surface area contributed by atoms with E-state index in [4.69, 9.17) is 4.74 Å². The average Bonchev–Trinajstić information content (AvgIpc) is 3.50. The van der Waals surface area contributed by atoms with Gasteiger partial charge in [-0.25, -0.2) is 23.1 Å². The van der Waals surface area contributed by atoms with Crippen LogP contribution < -0.4 is 20.1 Å². The summed E-state index contributed by atoms with van der Waals surface area (Å²) >= 11 is 1.30. The third-order valence-electron chi connectivity index (χ3n) is 7.05. The van der Waals surface area contributed by atoms with Crippen molar-refractivity contribution in [2.45, 2.75) is 42.9 Å². The van der Waals surface area contributed by atoms with E-state index in [1.807, 2.05) is 6.07 Å². The van der Waals surface area contributed by atoms with Crippen LogP contribution in [-0.4, -0.2) is 51.0 Å². The number of carbonyl (C=O) groups is 1. The van der Waals surface area contributed by atoms with E-state index in [-0.39, 0.29) is 10.8 Å². The molecular weight excluding hydrogens is 498 g/mol. The van der Waals surface area contributed by atoms with E-state index < -0.39 is 15.9 Å². The number of anilines is 1. The molecule has 9 nitrogen and oxygen atoms in total. The van der Waals surface area contributed by atoms with E-state index in [9.17, 15) is 13.2 Å². The molecule has 2 aliphatic rings. The fourth-order valence-electron chi connectivity index (χ4n) is 4.82. The molecule has 3 N–H and O–H groups in total. The number of hydrogen-bond donors (Lipinski definition) is 3. The second-order valence-corrected chi connectivity index (χ2v) is 12.3. The van der Waals surface area contributed by atoms with Gasteiger partial charge in [0.1, 0.15) is 10.3 Å². The monoisotopic (exact) mass is 529 g/mol. The molecule has 0 spiro atoms. The summed E-state index contributed by atoms with van der Waals surface area (Å²) in [6.07, 6.45) is 5.32. The lowest BCUT2D eigenvalue weighted by Crippen LogP contribution is -2.48. The van der Waals surface area contributed by atoms with Crippen molar-refractivity contribution in [2.75, 3.05) is 32.1 Å². The molecule has 1 saturated heterocycles. The molecule has 1 atom stereocenters. The molecule has 36 heavy (non-hydrogen) atoms. The minimum atomic E-state index is -3.59. The molecule has 192 valence electrons. The van der Waals surface area contributed by atoms with Gasteiger partial charge in [0.25, 0.3) is 0 Å². The van der Waals surface area contributed by atoms with Gasteiger partial charge in [-0.3, -0.25) is 4.79 Å². The van der Waals surface area contributed by atoms with Crippen LogP contribution in [0.3, 0.4) is 0 Å². The smallest absolute Gasteiger partial charge is 0.240 e. The molecule has 2 fully saturated rings. The van der Waals surface area contributed by atoms with Gasteiger partial charge in [0.05, 0.1) is 17.9 Å². The van der Waals surface area contributed by atoms with Crippen molar-refractivity contribution in [3.05, 3.63) is 42.0 Å². The Morgan fingerprint density at radius 1 is 1.11 bits per heavy atom.